The number of carbonyl (C=O) groups is 1. The highest BCUT2D eigenvalue weighted by molar-refractivity contribution is 7.90. The van der Waals surface area contributed by atoms with Crippen molar-refractivity contribution in [3.63, 3.8) is 0 Å². The Labute approximate surface area is 205 Å². The molecule has 1 fully saturated rings. The minimum atomic E-state index is -3.35. The van der Waals surface area contributed by atoms with Crippen LogP contribution in [0.15, 0.2) is 41.3 Å². The standard InChI is InChI=1S/C25H30N4O5S/c1-16-21-10-9-20(35(4,31)32)13-22(21)28-25(27-16)29-11-5-6-18(15-29)24(30)26-14-17-7-8-19(33-2)12-23(17)34-3/h7-10,12-13,18H,5-6,11,14-15H2,1-4H3,(H,26,30). The number of nitrogens with zero attached hydrogens (tertiary/aromatic N) is 3. The summed E-state index contributed by atoms with van der Waals surface area (Å²) in [6.45, 7) is 3.45. The summed E-state index contributed by atoms with van der Waals surface area (Å²) in [7, 11) is -0.166. The van der Waals surface area contributed by atoms with Crippen molar-refractivity contribution in [3.8, 4) is 11.5 Å². The molecule has 1 atom stereocenters. The molecular formula is C25H30N4O5S. The van der Waals surface area contributed by atoms with Gasteiger partial charge in [0.05, 0.1) is 36.2 Å². The van der Waals surface area contributed by atoms with Crippen LogP contribution < -0.4 is 19.7 Å². The predicted molar refractivity (Wildman–Crippen MR) is 134 cm³/mol. The number of methoxy groups -OCH3 is 2. The zero-order valence-corrected chi connectivity index (χ0v) is 21.2. The maximum absolute atomic E-state index is 13.0. The summed E-state index contributed by atoms with van der Waals surface area (Å²) in [4.78, 5) is 24.5. The third-order valence-corrected chi connectivity index (χ3v) is 7.41. The van der Waals surface area contributed by atoms with E-state index < -0.39 is 9.84 Å². The number of sulfone groups is 1. The third kappa shape index (κ3) is 5.48. The van der Waals surface area contributed by atoms with Gasteiger partial charge in [0, 0.05) is 42.9 Å². The van der Waals surface area contributed by atoms with Crippen molar-refractivity contribution in [2.75, 3.05) is 38.5 Å². The Hall–Kier alpha value is -3.40. The highest BCUT2D eigenvalue weighted by Crippen LogP contribution is 2.27. The van der Waals surface area contributed by atoms with Crippen LogP contribution in [0, 0.1) is 12.8 Å². The molecule has 4 rings (SSSR count). The van der Waals surface area contributed by atoms with Gasteiger partial charge in [-0.1, -0.05) is 0 Å². The van der Waals surface area contributed by atoms with Gasteiger partial charge in [0.2, 0.25) is 11.9 Å². The number of nitrogens with one attached hydrogen (secondary N) is 1. The van der Waals surface area contributed by atoms with Crippen molar-refractivity contribution >= 4 is 32.6 Å². The highest BCUT2D eigenvalue weighted by Gasteiger charge is 2.27. The van der Waals surface area contributed by atoms with Gasteiger partial charge in [-0.25, -0.2) is 18.4 Å². The number of anilines is 1. The lowest BCUT2D eigenvalue weighted by molar-refractivity contribution is -0.125. The Bertz CT molecular complexity index is 1360. The summed E-state index contributed by atoms with van der Waals surface area (Å²) in [6.07, 6.45) is 2.78. The maximum atomic E-state index is 13.0. The molecule has 1 N–H and O–H groups in total. The molecule has 1 saturated heterocycles. The van der Waals surface area contributed by atoms with Crippen LogP contribution in [0.4, 0.5) is 5.95 Å². The molecule has 1 aliphatic rings. The number of fused-ring (bicyclic) bond motifs is 1. The molecular weight excluding hydrogens is 468 g/mol. The lowest BCUT2D eigenvalue weighted by Gasteiger charge is -2.32. The Morgan fingerprint density at radius 3 is 2.66 bits per heavy atom. The molecule has 9 nitrogen and oxygen atoms in total. The van der Waals surface area contributed by atoms with E-state index in [-0.39, 0.29) is 16.7 Å². The van der Waals surface area contributed by atoms with Gasteiger partial charge >= 0.3 is 0 Å². The minimum absolute atomic E-state index is 0.0376. The maximum Gasteiger partial charge on any atom is 0.226 e. The van der Waals surface area contributed by atoms with Crippen LogP contribution in [-0.2, 0) is 21.2 Å². The van der Waals surface area contributed by atoms with E-state index in [0.717, 1.165) is 36.0 Å². The molecule has 0 aliphatic carbocycles. The van der Waals surface area contributed by atoms with Crippen LogP contribution in [-0.4, -0.2) is 57.9 Å². The molecule has 1 aliphatic heterocycles. The molecule has 2 aromatic carbocycles. The van der Waals surface area contributed by atoms with Gasteiger partial charge in [-0.2, -0.15) is 0 Å². The van der Waals surface area contributed by atoms with Crippen molar-refractivity contribution in [1.29, 1.82) is 0 Å². The average Bonchev–Trinajstić information content (AvgIpc) is 2.86. The number of aromatic nitrogens is 2. The fourth-order valence-electron chi connectivity index (χ4n) is 4.32. The van der Waals surface area contributed by atoms with E-state index in [4.69, 9.17) is 9.47 Å². The lowest BCUT2D eigenvalue weighted by Crippen LogP contribution is -2.43. The predicted octanol–water partition coefficient (Wildman–Crippen LogP) is 2.89. The van der Waals surface area contributed by atoms with E-state index in [2.05, 4.69) is 15.3 Å². The fraction of sp³-hybridized carbons (Fsp3) is 0.400. The van der Waals surface area contributed by atoms with Crippen molar-refractivity contribution in [2.24, 2.45) is 5.92 Å². The number of piperidine rings is 1. The summed E-state index contributed by atoms with van der Waals surface area (Å²) in [5.74, 6) is 1.60. The van der Waals surface area contributed by atoms with Crippen molar-refractivity contribution in [2.45, 2.75) is 31.2 Å². The second-order valence-electron chi connectivity index (χ2n) is 8.74. The molecule has 0 radical (unpaired) electrons. The van der Waals surface area contributed by atoms with E-state index in [0.29, 0.717) is 36.1 Å². The Morgan fingerprint density at radius 1 is 1.14 bits per heavy atom. The summed E-state index contributed by atoms with van der Waals surface area (Å²) < 4.78 is 34.6. The second-order valence-corrected chi connectivity index (χ2v) is 10.8. The minimum Gasteiger partial charge on any atom is -0.497 e. The van der Waals surface area contributed by atoms with Gasteiger partial charge in [0.1, 0.15) is 11.5 Å². The first-order chi connectivity index (χ1) is 16.7. The van der Waals surface area contributed by atoms with E-state index in [1.54, 1.807) is 38.5 Å². The van der Waals surface area contributed by atoms with E-state index >= 15 is 0 Å². The number of hydrogen-bond donors (Lipinski definition) is 1. The largest absolute Gasteiger partial charge is 0.497 e. The number of aryl methyl sites for hydroxylation is 1. The summed E-state index contributed by atoms with van der Waals surface area (Å²) in [5, 5.41) is 3.83. The number of carbonyl (C=O) groups excluding carboxylic acids is 1. The van der Waals surface area contributed by atoms with Gasteiger partial charge in [0.15, 0.2) is 9.84 Å². The number of ether oxygens (including phenoxy) is 2. The first-order valence-corrected chi connectivity index (χ1v) is 13.3. The van der Waals surface area contributed by atoms with Crippen molar-refractivity contribution < 1.29 is 22.7 Å². The van der Waals surface area contributed by atoms with E-state index in [1.165, 1.54) is 6.26 Å². The van der Waals surface area contributed by atoms with Crippen LogP contribution in [0.3, 0.4) is 0 Å². The van der Waals surface area contributed by atoms with Crippen molar-refractivity contribution in [3.05, 3.63) is 47.7 Å². The van der Waals surface area contributed by atoms with Crippen LogP contribution in [0.5, 0.6) is 11.5 Å². The normalized spacial score (nSPS) is 16.2. The molecule has 0 saturated carbocycles. The molecule has 2 heterocycles. The molecule has 0 spiro atoms. The zero-order chi connectivity index (χ0) is 25.2. The third-order valence-electron chi connectivity index (χ3n) is 6.30. The molecule has 0 bridgehead atoms. The monoisotopic (exact) mass is 498 g/mol. The zero-order valence-electron chi connectivity index (χ0n) is 20.4. The van der Waals surface area contributed by atoms with Crippen LogP contribution >= 0.6 is 0 Å². The second kappa shape index (κ2) is 10.1. The Morgan fingerprint density at radius 2 is 1.94 bits per heavy atom. The Kier molecular flexibility index (Phi) is 7.11. The van der Waals surface area contributed by atoms with Gasteiger partial charge in [0.25, 0.3) is 0 Å². The molecule has 1 unspecified atom stereocenters. The number of hydrogen-bond acceptors (Lipinski definition) is 8. The number of benzene rings is 2. The van der Waals surface area contributed by atoms with Crippen LogP contribution in [0.1, 0.15) is 24.1 Å². The number of amides is 1. The molecule has 1 amide bonds. The van der Waals surface area contributed by atoms with Gasteiger partial charge in [-0.15, -0.1) is 0 Å². The SMILES string of the molecule is COc1ccc(CNC(=O)C2CCCN(c3nc(C)c4ccc(S(C)(=O)=O)cc4n3)C2)c(OC)c1. The molecule has 10 heteroatoms. The van der Waals surface area contributed by atoms with Gasteiger partial charge in [-0.3, -0.25) is 4.79 Å². The lowest BCUT2D eigenvalue weighted by atomic mass is 9.97. The van der Waals surface area contributed by atoms with E-state index in [1.807, 2.05) is 24.0 Å². The Balaban J connectivity index is 1.49. The molecule has 35 heavy (non-hydrogen) atoms. The average molecular weight is 499 g/mol. The van der Waals surface area contributed by atoms with E-state index in [9.17, 15) is 13.2 Å². The first kappa shape index (κ1) is 24.7. The van der Waals surface area contributed by atoms with Gasteiger partial charge < -0.3 is 19.7 Å². The van der Waals surface area contributed by atoms with Crippen LogP contribution in [0.2, 0.25) is 0 Å². The molecule has 1 aromatic heterocycles. The topological polar surface area (TPSA) is 111 Å². The quantitative estimate of drug-likeness (QED) is 0.529. The smallest absolute Gasteiger partial charge is 0.226 e. The molecule has 186 valence electrons. The summed E-state index contributed by atoms with van der Waals surface area (Å²) >= 11 is 0. The van der Waals surface area contributed by atoms with Crippen LogP contribution in [0.25, 0.3) is 10.9 Å². The summed E-state index contributed by atoms with van der Waals surface area (Å²) in [5.41, 5.74) is 2.21. The summed E-state index contributed by atoms with van der Waals surface area (Å²) in [6, 6.07) is 10.4. The first-order valence-electron chi connectivity index (χ1n) is 11.4. The molecule has 3 aromatic rings. The fourth-order valence-corrected chi connectivity index (χ4v) is 4.96. The number of rotatable bonds is 7. The van der Waals surface area contributed by atoms with Crippen molar-refractivity contribution in [1.82, 2.24) is 15.3 Å². The van der Waals surface area contributed by atoms with Gasteiger partial charge in [-0.05, 0) is 50.1 Å². The highest BCUT2D eigenvalue weighted by atomic mass is 32.2.